The van der Waals surface area contributed by atoms with Gasteiger partial charge in [-0.15, -0.1) is 0 Å². The zero-order valence-electron chi connectivity index (χ0n) is 15.8. The molecule has 0 unspecified atom stereocenters. The summed E-state index contributed by atoms with van der Waals surface area (Å²) in [5, 5.41) is 4.65. The molecule has 4 amide bonds. The van der Waals surface area contributed by atoms with Crippen LogP contribution in [0.2, 0.25) is 0 Å². The monoisotopic (exact) mass is 375 g/mol. The number of esters is 1. The molecule has 8 nitrogen and oxygen atoms in total. The van der Waals surface area contributed by atoms with Crippen molar-refractivity contribution in [1.82, 2.24) is 15.5 Å². The molecule has 0 bridgehead atoms. The lowest BCUT2D eigenvalue weighted by atomic mass is 10.1. The summed E-state index contributed by atoms with van der Waals surface area (Å²) in [5.41, 5.74) is 0.483. The minimum Gasteiger partial charge on any atom is -0.455 e. The van der Waals surface area contributed by atoms with Gasteiger partial charge in [-0.1, -0.05) is 30.3 Å². The fourth-order valence-corrected chi connectivity index (χ4v) is 2.68. The maximum Gasteiger partial charge on any atom is 0.321 e. The van der Waals surface area contributed by atoms with Gasteiger partial charge < -0.3 is 15.0 Å². The number of rotatable bonds is 5. The van der Waals surface area contributed by atoms with Crippen molar-refractivity contribution in [2.75, 3.05) is 13.2 Å². The molecular weight excluding hydrogens is 350 g/mol. The largest absolute Gasteiger partial charge is 0.455 e. The zero-order chi connectivity index (χ0) is 20.0. The van der Waals surface area contributed by atoms with Gasteiger partial charge in [-0.2, -0.15) is 0 Å². The Morgan fingerprint density at radius 1 is 1.19 bits per heavy atom. The Balaban J connectivity index is 1.77. The van der Waals surface area contributed by atoms with Crippen molar-refractivity contribution in [2.24, 2.45) is 5.92 Å². The highest BCUT2D eigenvalue weighted by Gasteiger charge is 2.35. The summed E-state index contributed by atoms with van der Waals surface area (Å²) in [6, 6.07) is 8.82. The number of carbonyl (C=O) groups is 4. The first-order valence-corrected chi connectivity index (χ1v) is 8.74. The van der Waals surface area contributed by atoms with Gasteiger partial charge >= 0.3 is 12.0 Å². The number of amides is 4. The number of likely N-dealkylation sites (tertiary alicyclic amines) is 1. The van der Waals surface area contributed by atoms with E-state index >= 15 is 0 Å². The van der Waals surface area contributed by atoms with E-state index in [1.807, 2.05) is 30.3 Å². The standard InChI is InChI=1S/C19H25N3O5/c1-19(2,3)21-18(26)20-15(23)12-27-17(25)14-9-16(24)22(11-14)10-13-7-5-4-6-8-13/h4-8,14H,9-12H2,1-3H3,(H2,20,21,23,26)/t14-/m1/s1. The minimum absolute atomic E-state index is 0.0534. The van der Waals surface area contributed by atoms with Crippen LogP contribution in [0.5, 0.6) is 0 Å². The van der Waals surface area contributed by atoms with Crippen molar-refractivity contribution in [3.63, 3.8) is 0 Å². The van der Waals surface area contributed by atoms with Crippen LogP contribution in [0.4, 0.5) is 4.79 Å². The van der Waals surface area contributed by atoms with Crippen LogP contribution >= 0.6 is 0 Å². The molecule has 2 N–H and O–H groups in total. The van der Waals surface area contributed by atoms with E-state index in [0.717, 1.165) is 5.56 Å². The highest BCUT2D eigenvalue weighted by atomic mass is 16.5. The molecule has 27 heavy (non-hydrogen) atoms. The molecule has 1 atom stereocenters. The first-order chi connectivity index (χ1) is 12.6. The smallest absolute Gasteiger partial charge is 0.321 e. The molecule has 2 rings (SSSR count). The molecule has 1 aliphatic heterocycles. The predicted molar refractivity (Wildman–Crippen MR) is 97.4 cm³/mol. The summed E-state index contributed by atoms with van der Waals surface area (Å²) < 4.78 is 4.96. The van der Waals surface area contributed by atoms with Crippen molar-refractivity contribution < 1.29 is 23.9 Å². The molecule has 1 fully saturated rings. The molecule has 0 aromatic heterocycles. The third kappa shape index (κ3) is 6.73. The molecule has 1 aromatic carbocycles. The maximum atomic E-state index is 12.1. The second kappa shape index (κ2) is 8.66. The van der Waals surface area contributed by atoms with E-state index in [4.69, 9.17) is 4.74 Å². The van der Waals surface area contributed by atoms with E-state index in [2.05, 4.69) is 10.6 Å². The van der Waals surface area contributed by atoms with Gasteiger partial charge in [-0.05, 0) is 26.3 Å². The van der Waals surface area contributed by atoms with Crippen LogP contribution < -0.4 is 10.6 Å². The quantitative estimate of drug-likeness (QED) is 0.753. The lowest BCUT2D eigenvalue weighted by molar-refractivity contribution is -0.152. The van der Waals surface area contributed by atoms with Crippen LogP contribution in [0.1, 0.15) is 32.8 Å². The second-order valence-corrected chi connectivity index (χ2v) is 7.52. The lowest BCUT2D eigenvalue weighted by Gasteiger charge is -2.20. The summed E-state index contributed by atoms with van der Waals surface area (Å²) in [5.74, 6) is -2.09. The number of nitrogens with one attached hydrogen (secondary N) is 2. The van der Waals surface area contributed by atoms with Crippen LogP contribution in [-0.2, 0) is 25.7 Å². The molecular formula is C19H25N3O5. The van der Waals surface area contributed by atoms with Crippen molar-refractivity contribution >= 4 is 23.8 Å². The number of nitrogens with zero attached hydrogens (tertiary/aromatic N) is 1. The topological polar surface area (TPSA) is 105 Å². The van der Waals surface area contributed by atoms with Crippen LogP contribution in [0.15, 0.2) is 30.3 Å². The van der Waals surface area contributed by atoms with Crippen molar-refractivity contribution in [2.45, 2.75) is 39.3 Å². The highest BCUT2D eigenvalue weighted by Crippen LogP contribution is 2.21. The number of urea groups is 1. The molecule has 8 heteroatoms. The van der Waals surface area contributed by atoms with Gasteiger partial charge in [0.2, 0.25) is 5.91 Å². The average molecular weight is 375 g/mol. The first kappa shape index (κ1) is 20.4. The van der Waals surface area contributed by atoms with Gasteiger partial charge in [0.25, 0.3) is 5.91 Å². The van der Waals surface area contributed by atoms with E-state index in [1.54, 1.807) is 25.7 Å². The highest BCUT2D eigenvalue weighted by molar-refractivity contribution is 5.96. The Kier molecular flexibility index (Phi) is 6.55. The fourth-order valence-electron chi connectivity index (χ4n) is 2.68. The van der Waals surface area contributed by atoms with E-state index in [1.165, 1.54) is 0 Å². The van der Waals surface area contributed by atoms with Crippen LogP contribution in [0, 0.1) is 5.92 Å². The summed E-state index contributed by atoms with van der Waals surface area (Å²) in [7, 11) is 0. The molecule has 1 heterocycles. The van der Waals surface area contributed by atoms with E-state index in [9.17, 15) is 19.2 Å². The van der Waals surface area contributed by atoms with Crippen molar-refractivity contribution in [1.29, 1.82) is 0 Å². The molecule has 0 radical (unpaired) electrons. The predicted octanol–water partition coefficient (Wildman–Crippen LogP) is 1.20. The normalized spacial score (nSPS) is 16.8. The second-order valence-electron chi connectivity index (χ2n) is 7.52. The Morgan fingerprint density at radius 3 is 2.48 bits per heavy atom. The van der Waals surface area contributed by atoms with Gasteiger partial charge in [0.1, 0.15) is 0 Å². The maximum absolute atomic E-state index is 12.1. The summed E-state index contributed by atoms with van der Waals surface area (Å²) in [6.45, 7) is 5.43. The van der Waals surface area contributed by atoms with Gasteiger partial charge in [0, 0.05) is 25.0 Å². The Morgan fingerprint density at radius 2 is 1.85 bits per heavy atom. The molecule has 0 aliphatic carbocycles. The number of benzene rings is 1. The van der Waals surface area contributed by atoms with E-state index in [0.29, 0.717) is 6.54 Å². The Labute approximate surface area is 158 Å². The molecule has 1 aliphatic rings. The average Bonchev–Trinajstić information content (AvgIpc) is 2.92. The number of hydrogen-bond donors (Lipinski definition) is 2. The van der Waals surface area contributed by atoms with Gasteiger partial charge in [-0.25, -0.2) is 4.79 Å². The third-order valence-corrected chi connectivity index (χ3v) is 3.85. The summed E-state index contributed by atoms with van der Waals surface area (Å²) in [4.78, 5) is 49.1. The summed E-state index contributed by atoms with van der Waals surface area (Å²) >= 11 is 0. The van der Waals surface area contributed by atoms with E-state index in [-0.39, 0.29) is 18.9 Å². The van der Waals surface area contributed by atoms with Crippen LogP contribution in [0.3, 0.4) is 0 Å². The molecule has 1 saturated heterocycles. The van der Waals surface area contributed by atoms with Crippen LogP contribution in [-0.4, -0.2) is 47.4 Å². The Bertz CT molecular complexity index is 712. The number of imide groups is 1. The molecule has 0 spiro atoms. The van der Waals surface area contributed by atoms with Gasteiger partial charge in [-0.3, -0.25) is 19.7 Å². The fraction of sp³-hybridized carbons (Fsp3) is 0.474. The lowest BCUT2D eigenvalue weighted by Crippen LogP contribution is -2.49. The van der Waals surface area contributed by atoms with Gasteiger partial charge in [0.15, 0.2) is 6.61 Å². The van der Waals surface area contributed by atoms with Crippen molar-refractivity contribution in [3.8, 4) is 0 Å². The van der Waals surface area contributed by atoms with Crippen molar-refractivity contribution in [3.05, 3.63) is 35.9 Å². The Hall–Kier alpha value is -2.90. The third-order valence-electron chi connectivity index (χ3n) is 3.85. The molecule has 146 valence electrons. The number of hydrogen-bond acceptors (Lipinski definition) is 5. The summed E-state index contributed by atoms with van der Waals surface area (Å²) in [6.07, 6.45) is 0.0534. The number of carbonyl (C=O) groups excluding carboxylic acids is 4. The zero-order valence-corrected chi connectivity index (χ0v) is 15.8. The van der Waals surface area contributed by atoms with E-state index < -0.39 is 36.0 Å². The van der Waals surface area contributed by atoms with Gasteiger partial charge in [0.05, 0.1) is 5.92 Å². The first-order valence-electron chi connectivity index (χ1n) is 8.74. The molecule has 0 saturated carbocycles. The van der Waals surface area contributed by atoms with Crippen LogP contribution in [0.25, 0.3) is 0 Å². The minimum atomic E-state index is -0.726. The number of ether oxygens (including phenoxy) is 1. The molecule has 1 aromatic rings. The SMILES string of the molecule is CC(C)(C)NC(=O)NC(=O)COC(=O)[C@@H]1CC(=O)N(Cc2ccccc2)C1.